The fourth-order valence-electron chi connectivity index (χ4n) is 4.10. The number of nitrogens with two attached hydrogens (primary N) is 1. The topological polar surface area (TPSA) is 152 Å². The van der Waals surface area contributed by atoms with Crippen molar-refractivity contribution in [3.8, 4) is 11.5 Å². The van der Waals surface area contributed by atoms with Gasteiger partial charge in [-0.25, -0.2) is 18.4 Å². The van der Waals surface area contributed by atoms with E-state index in [-0.39, 0.29) is 36.2 Å². The summed E-state index contributed by atoms with van der Waals surface area (Å²) in [5.41, 5.74) is 6.36. The molecule has 2 aliphatic rings. The molecular formula is C26H25F6N7O5S2. The predicted octanol–water partition coefficient (Wildman–Crippen LogP) is 3.96. The molecular weight excluding hydrogens is 668 g/mol. The first-order valence-electron chi connectivity index (χ1n) is 13.1. The van der Waals surface area contributed by atoms with E-state index >= 15 is 0 Å². The van der Waals surface area contributed by atoms with Crippen LogP contribution in [-0.4, -0.2) is 75.2 Å². The molecule has 248 valence electrons. The Bertz CT molecular complexity index is 1650. The molecule has 3 N–H and O–H groups in total. The molecule has 2 aromatic carbocycles. The number of aliphatic imine (C=N–C) groups is 2. The lowest BCUT2D eigenvalue weighted by atomic mass is 10.2. The van der Waals surface area contributed by atoms with Gasteiger partial charge >= 0.3 is 12.7 Å². The van der Waals surface area contributed by atoms with E-state index in [2.05, 4.69) is 29.8 Å². The number of hydrogen-bond acceptors (Lipinski definition) is 11. The van der Waals surface area contributed by atoms with Crippen LogP contribution in [0.15, 0.2) is 63.4 Å². The van der Waals surface area contributed by atoms with Crippen LogP contribution in [0.4, 0.5) is 37.3 Å². The molecule has 0 unspecified atom stereocenters. The van der Waals surface area contributed by atoms with Crippen molar-refractivity contribution in [1.29, 1.82) is 0 Å². The number of hydrogen-bond donors (Lipinski definition) is 2. The summed E-state index contributed by atoms with van der Waals surface area (Å²) < 4.78 is 107. The van der Waals surface area contributed by atoms with Gasteiger partial charge in [0, 0.05) is 45.4 Å². The maximum absolute atomic E-state index is 12.8. The number of halogens is 6. The molecule has 0 atom stereocenters. The first-order valence-corrected chi connectivity index (χ1v) is 15.4. The number of ether oxygens (including phenoxy) is 2. The lowest BCUT2D eigenvalue weighted by molar-refractivity contribution is -0.275. The van der Waals surface area contributed by atoms with Gasteiger partial charge in [-0.3, -0.25) is 4.79 Å². The van der Waals surface area contributed by atoms with Crippen LogP contribution in [0.2, 0.25) is 0 Å². The zero-order valence-corrected chi connectivity index (χ0v) is 25.1. The van der Waals surface area contributed by atoms with Crippen molar-refractivity contribution in [2.45, 2.75) is 30.6 Å². The highest BCUT2D eigenvalue weighted by molar-refractivity contribution is 7.89. The molecule has 20 heteroatoms. The van der Waals surface area contributed by atoms with Gasteiger partial charge in [0.05, 0.1) is 9.77 Å². The Kier molecular flexibility index (Phi) is 10.7. The third kappa shape index (κ3) is 9.78. The normalized spacial score (nSPS) is 15.5. The van der Waals surface area contributed by atoms with Gasteiger partial charge in [0.2, 0.25) is 22.4 Å². The molecule has 1 saturated heterocycles. The van der Waals surface area contributed by atoms with Crippen molar-refractivity contribution in [2.75, 3.05) is 31.1 Å². The maximum atomic E-state index is 12.8. The Morgan fingerprint density at radius 2 is 1.48 bits per heavy atom. The maximum Gasteiger partial charge on any atom is 0.573 e. The second-order valence-electron chi connectivity index (χ2n) is 9.33. The number of guanidine groups is 1. The number of amides is 1. The van der Waals surface area contributed by atoms with Crippen LogP contribution in [0.1, 0.15) is 10.4 Å². The molecule has 5 rings (SSSR count). The average molecular weight is 694 g/mol. The zero-order chi connectivity index (χ0) is 33.5. The second-order valence-corrected chi connectivity index (χ2v) is 12.3. The van der Waals surface area contributed by atoms with E-state index in [0.29, 0.717) is 37.3 Å². The highest BCUT2D eigenvalue weighted by Gasteiger charge is 2.33. The summed E-state index contributed by atoms with van der Waals surface area (Å²) in [6, 6.07) is 9.43. The molecule has 3 aromatic rings. The second kappa shape index (κ2) is 14.3. The Hall–Kier alpha value is -4.43. The molecule has 12 nitrogen and oxygen atoms in total. The number of sulfonamides is 1. The van der Waals surface area contributed by atoms with Gasteiger partial charge in [-0.15, -0.1) is 26.3 Å². The van der Waals surface area contributed by atoms with E-state index in [0.717, 1.165) is 34.3 Å². The van der Waals surface area contributed by atoms with Crippen molar-refractivity contribution in [3.63, 3.8) is 0 Å². The van der Waals surface area contributed by atoms with Gasteiger partial charge in [-0.05, 0) is 42.0 Å². The number of carbonyl (C=O) groups excluding carboxylic acids is 1. The number of thiazole rings is 1. The smallest absolute Gasteiger partial charge is 0.406 e. The molecule has 0 radical (unpaired) electrons. The van der Waals surface area contributed by atoms with Crippen LogP contribution in [0.3, 0.4) is 0 Å². The van der Waals surface area contributed by atoms with E-state index in [4.69, 9.17) is 5.73 Å². The van der Waals surface area contributed by atoms with Crippen molar-refractivity contribution < 1.29 is 49.0 Å². The summed E-state index contributed by atoms with van der Waals surface area (Å²) in [7, 11) is -3.85. The molecule has 2 aliphatic heterocycles. The number of fused-ring (bicyclic) bond motifs is 1. The number of nitrogens with one attached hydrogen (secondary N) is 1. The molecule has 1 aromatic heterocycles. The van der Waals surface area contributed by atoms with E-state index in [1.54, 1.807) is 6.21 Å². The van der Waals surface area contributed by atoms with Crippen molar-refractivity contribution >= 4 is 50.9 Å². The minimum Gasteiger partial charge on any atom is -0.406 e. The standard InChI is InChI=1S/C17H17F3N6O3S2.C9H8F3NO2/c18-17(19,20)29-11-1-3-12(4-2-11)31(27,28)26-9-7-25(8-10-26)16-24-14-13(30-16)5-6-22-15(21)23-14;10-9(11,12)15-8-3-1-7(2-4-8)5-13-6-14/h1-4,6H,5,7-10H2,(H2,21,23);1-4,6H,5H2,(H,13,14). The number of carbonyl (C=O) groups is 1. The summed E-state index contributed by atoms with van der Waals surface area (Å²) in [5, 5.41) is 3.11. The monoisotopic (exact) mass is 693 g/mol. The Balaban J connectivity index is 0.000000270. The van der Waals surface area contributed by atoms with E-state index in [1.165, 1.54) is 39.9 Å². The van der Waals surface area contributed by atoms with Crippen molar-refractivity contribution in [1.82, 2.24) is 14.6 Å². The molecule has 0 spiro atoms. The van der Waals surface area contributed by atoms with Crippen LogP contribution in [0, 0.1) is 0 Å². The van der Waals surface area contributed by atoms with E-state index in [1.807, 2.05) is 4.90 Å². The molecule has 3 heterocycles. The van der Waals surface area contributed by atoms with Gasteiger partial charge in [0.15, 0.2) is 10.9 Å². The number of alkyl halides is 6. The Morgan fingerprint density at radius 3 is 2.02 bits per heavy atom. The summed E-state index contributed by atoms with van der Waals surface area (Å²) in [6.45, 7) is 1.51. The van der Waals surface area contributed by atoms with Gasteiger partial charge in [0.25, 0.3) is 0 Å². The number of nitrogens with zero attached hydrogens (tertiary/aromatic N) is 5. The third-order valence-corrected chi connectivity index (χ3v) is 9.18. The quantitative estimate of drug-likeness (QED) is 0.266. The molecule has 0 bridgehead atoms. The van der Waals surface area contributed by atoms with Crippen LogP contribution >= 0.6 is 11.3 Å². The van der Waals surface area contributed by atoms with Crippen molar-refractivity contribution in [2.24, 2.45) is 15.7 Å². The first-order chi connectivity index (χ1) is 21.6. The number of rotatable bonds is 8. The summed E-state index contributed by atoms with van der Waals surface area (Å²) in [4.78, 5) is 25.4. The highest BCUT2D eigenvalue weighted by Crippen LogP contribution is 2.34. The minimum atomic E-state index is -4.84. The number of benzene rings is 2. The summed E-state index contributed by atoms with van der Waals surface area (Å²) in [5.74, 6) is -0.102. The average Bonchev–Trinajstić information content (AvgIpc) is 3.29. The molecule has 0 saturated carbocycles. The van der Waals surface area contributed by atoms with Gasteiger partial charge in [0.1, 0.15) is 11.5 Å². The zero-order valence-electron chi connectivity index (χ0n) is 23.5. The van der Waals surface area contributed by atoms with Gasteiger partial charge < -0.3 is 25.4 Å². The molecule has 46 heavy (non-hydrogen) atoms. The third-order valence-electron chi connectivity index (χ3n) is 6.14. The largest absolute Gasteiger partial charge is 0.573 e. The van der Waals surface area contributed by atoms with Gasteiger partial charge in [-0.1, -0.05) is 23.5 Å². The van der Waals surface area contributed by atoms with Crippen LogP contribution in [0.5, 0.6) is 11.5 Å². The van der Waals surface area contributed by atoms with Crippen LogP contribution < -0.4 is 25.4 Å². The Morgan fingerprint density at radius 1 is 0.913 bits per heavy atom. The summed E-state index contributed by atoms with van der Waals surface area (Å²) in [6.07, 6.45) is -6.76. The summed E-state index contributed by atoms with van der Waals surface area (Å²) >= 11 is 1.46. The molecule has 1 fully saturated rings. The molecule has 0 aliphatic carbocycles. The lowest BCUT2D eigenvalue weighted by Gasteiger charge is -2.33. The first kappa shape index (κ1) is 34.4. The van der Waals surface area contributed by atoms with E-state index in [9.17, 15) is 39.6 Å². The number of aromatic nitrogens is 1. The van der Waals surface area contributed by atoms with E-state index < -0.39 is 28.5 Å². The Labute approximate surface area is 262 Å². The number of anilines is 1. The van der Waals surface area contributed by atoms with Gasteiger partial charge in [-0.2, -0.15) is 9.30 Å². The fraction of sp³-hybridized carbons (Fsp3) is 0.308. The van der Waals surface area contributed by atoms with Crippen LogP contribution in [0.25, 0.3) is 0 Å². The minimum absolute atomic E-state index is 0.0967. The lowest BCUT2D eigenvalue weighted by Crippen LogP contribution is -2.48. The van der Waals surface area contributed by atoms with Crippen LogP contribution in [-0.2, 0) is 27.8 Å². The molecule has 1 amide bonds. The number of piperazine rings is 1. The highest BCUT2D eigenvalue weighted by atomic mass is 32.2. The predicted molar refractivity (Wildman–Crippen MR) is 156 cm³/mol. The van der Waals surface area contributed by atoms with Crippen molar-refractivity contribution in [3.05, 3.63) is 59.0 Å². The SMILES string of the molecule is NC1=Nc2nc(N3CCN(S(=O)(=O)c4ccc(OC(F)(F)F)cc4)CC3)sc2CC=N1.O=CNCc1ccc(OC(F)(F)F)cc1. The fourth-order valence-corrected chi connectivity index (χ4v) is 6.52.